The van der Waals surface area contributed by atoms with E-state index in [2.05, 4.69) is 5.32 Å². The van der Waals surface area contributed by atoms with Crippen molar-refractivity contribution in [1.29, 1.82) is 0 Å². The Hall–Kier alpha value is -2.59. The maximum absolute atomic E-state index is 12.4. The molecule has 1 aromatic heterocycles. The molecule has 0 aliphatic heterocycles. The zero-order chi connectivity index (χ0) is 16.4. The number of hydrogen-bond acceptors (Lipinski definition) is 2. The van der Waals surface area contributed by atoms with Gasteiger partial charge in [-0.25, -0.2) is 0 Å². The molecule has 1 amide bonds. The summed E-state index contributed by atoms with van der Waals surface area (Å²) in [6, 6.07) is 14.6. The van der Waals surface area contributed by atoms with Crippen LogP contribution in [0.4, 0.5) is 0 Å². The number of nitrogens with one attached hydrogen (secondary N) is 1. The zero-order valence-electron chi connectivity index (χ0n) is 12.5. The van der Waals surface area contributed by atoms with E-state index in [1.807, 2.05) is 48.0 Å². The first kappa shape index (κ1) is 15.3. The average molecular weight is 327 g/mol. The Morgan fingerprint density at radius 2 is 1.78 bits per heavy atom. The molecule has 0 aliphatic rings. The van der Waals surface area contributed by atoms with Gasteiger partial charge in [0.05, 0.1) is 5.56 Å². The minimum absolute atomic E-state index is 0.284. The summed E-state index contributed by atoms with van der Waals surface area (Å²) < 4.78 is 1.84. The third-order valence-electron chi connectivity index (χ3n) is 3.71. The highest BCUT2D eigenvalue weighted by Crippen LogP contribution is 2.20. The molecule has 4 nitrogen and oxygen atoms in total. The lowest BCUT2D eigenvalue weighted by Crippen LogP contribution is -2.30. The predicted octanol–water partition coefficient (Wildman–Crippen LogP) is 3.33. The summed E-state index contributed by atoms with van der Waals surface area (Å²) in [5, 5.41) is 4.06. The number of Topliss-reactive ketones (excluding diaryl/α,β-unsaturated/α-hetero) is 1. The van der Waals surface area contributed by atoms with Crippen LogP contribution in [0.5, 0.6) is 0 Å². The number of fused-ring (bicyclic) bond motifs is 1. The summed E-state index contributed by atoms with van der Waals surface area (Å²) in [4.78, 5) is 24.5. The number of carbonyl (C=O) groups is 2. The molecule has 1 heterocycles. The van der Waals surface area contributed by atoms with Crippen LogP contribution in [0.1, 0.15) is 15.9 Å². The van der Waals surface area contributed by atoms with Gasteiger partial charge in [-0.2, -0.15) is 0 Å². The Balaban J connectivity index is 1.76. The zero-order valence-corrected chi connectivity index (χ0v) is 13.3. The first-order valence-electron chi connectivity index (χ1n) is 7.17. The van der Waals surface area contributed by atoms with Crippen molar-refractivity contribution in [3.63, 3.8) is 0 Å². The number of carbonyl (C=O) groups excluding carboxylic acids is 2. The molecule has 1 N–H and O–H groups in total. The van der Waals surface area contributed by atoms with Gasteiger partial charge in [-0.1, -0.05) is 41.9 Å². The fourth-order valence-corrected chi connectivity index (χ4v) is 2.64. The lowest BCUT2D eigenvalue weighted by atomic mass is 10.1. The molecule has 0 unspecified atom stereocenters. The highest BCUT2D eigenvalue weighted by molar-refractivity contribution is 6.45. The van der Waals surface area contributed by atoms with E-state index in [1.54, 1.807) is 18.3 Å². The third kappa shape index (κ3) is 3.12. The number of halogens is 1. The van der Waals surface area contributed by atoms with Gasteiger partial charge in [0.25, 0.3) is 11.7 Å². The van der Waals surface area contributed by atoms with Crippen LogP contribution in [0.2, 0.25) is 5.02 Å². The molecule has 0 bridgehead atoms. The Kier molecular flexibility index (Phi) is 4.17. The standard InChI is InChI=1S/C18H15ClN2O2/c1-21-11-15(14-4-2-3-5-16(14)21)17(22)18(23)20-10-12-6-8-13(19)9-7-12/h2-9,11H,10H2,1H3,(H,20,23). The van der Waals surface area contributed by atoms with Gasteiger partial charge in [-0.05, 0) is 23.8 Å². The molecule has 116 valence electrons. The number of hydrogen-bond donors (Lipinski definition) is 1. The molecular formula is C18H15ClN2O2. The van der Waals surface area contributed by atoms with Crippen molar-refractivity contribution in [1.82, 2.24) is 9.88 Å². The summed E-state index contributed by atoms with van der Waals surface area (Å²) in [5.41, 5.74) is 2.21. The molecule has 2 aromatic carbocycles. The molecule has 0 radical (unpaired) electrons. The van der Waals surface area contributed by atoms with E-state index >= 15 is 0 Å². The molecule has 0 spiro atoms. The molecule has 3 rings (SSSR count). The van der Waals surface area contributed by atoms with E-state index in [1.165, 1.54) is 0 Å². The third-order valence-corrected chi connectivity index (χ3v) is 3.97. The number of aryl methyl sites for hydroxylation is 1. The Morgan fingerprint density at radius 1 is 1.09 bits per heavy atom. The van der Waals surface area contributed by atoms with Crippen LogP contribution in [0.25, 0.3) is 10.9 Å². The van der Waals surface area contributed by atoms with Crippen LogP contribution in [-0.2, 0) is 18.4 Å². The van der Waals surface area contributed by atoms with Crippen molar-refractivity contribution in [2.75, 3.05) is 0 Å². The van der Waals surface area contributed by atoms with Crippen molar-refractivity contribution >= 4 is 34.2 Å². The fourth-order valence-electron chi connectivity index (χ4n) is 2.51. The van der Waals surface area contributed by atoms with Gasteiger partial charge in [0.2, 0.25) is 0 Å². The number of rotatable bonds is 4. The molecule has 0 atom stereocenters. The maximum atomic E-state index is 12.4. The highest BCUT2D eigenvalue weighted by atomic mass is 35.5. The molecule has 0 saturated carbocycles. The van der Waals surface area contributed by atoms with Gasteiger partial charge in [0.1, 0.15) is 0 Å². The number of benzene rings is 2. The Morgan fingerprint density at radius 3 is 2.52 bits per heavy atom. The number of para-hydroxylation sites is 1. The van der Waals surface area contributed by atoms with Crippen molar-refractivity contribution in [2.24, 2.45) is 7.05 Å². The largest absolute Gasteiger partial charge is 0.350 e. The van der Waals surface area contributed by atoms with E-state index in [0.29, 0.717) is 10.6 Å². The fraction of sp³-hybridized carbons (Fsp3) is 0.111. The smallest absolute Gasteiger partial charge is 0.292 e. The number of ketones is 1. The second-order valence-electron chi connectivity index (χ2n) is 5.31. The molecule has 3 aromatic rings. The van der Waals surface area contributed by atoms with E-state index in [0.717, 1.165) is 16.5 Å². The lowest BCUT2D eigenvalue weighted by Gasteiger charge is -2.04. The van der Waals surface area contributed by atoms with Gasteiger partial charge in [0.15, 0.2) is 0 Å². The van der Waals surface area contributed by atoms with Gasteiger partial charge in [-0.3, -0.25) is 9.59 Å². The Bertz CT molecular complexity index is 882. The van der Waals surface area contributed by atoms with Crippen LogP contribution in [0.15, 0.2) is 54.7 Å². The first-order valence-corrected chi connectivity index (χ1v) is 7.55. The van der Waals surface area contributed by atoms with Crippen molar-refractivity contribution in [3.05, 3.63) is 70.9 Å². The summed E-state index contributed by atoms with van der Waals surface area (Å²) in [7, 11) is 1.85. The van der Waals surface area contributed by atoms with Gasteiger partial charge < -0.3 is 9.88 Å². The highest BCUT2D eigenvalue weighted by Gasteiger charge is 2.20. The maximum Gasteiger partial charge on any atom is 0.292 e. The summed E-state index contributed by atoms with van der Waals surface area (Å²) in [6.45, 7) is 0.284. The predicted molar refractivity (Wildman–Crippen MR) is 90.5 cm³/mol. The van der Waals surface area contributed by atoms with Gasteiger partial charge in [0, 0.05) is 35.7 Å². The second kappa shape index (κ2) is 6.26. The van der Waals surface area contributed by atoms with Crippen LogP contribution in [0, 0.1) is 0 Å². The molecule has 0 saturated heterocycles. The number of aromatic nitrogens is 1. The number of nitrogens with zero attached hydrogens (tertiary/aromatic N) is 1. The van der Waals surface area contributed by atoms with Crippen molar-refractivity contribution in [3.8, 4) is 0 Å². The van der Waals surface area contributed by atoms with Crippen LogP contribution >= 0.6 is 11.6 Å². The van der Waals surface area contributed by atoms with Gasteiger partial charge in [-0.15, -0.1) is 0 Å². The number of amides is 1. The quantitative estimate of drug-likeness (QED) is 0.590. The van der Waals surface area contributed by atoms with E-state index in [9.17, 15) is 9.59 Å². The first-order chi connectivity index (χ1) is 11.1. The van der Waals surface area contributed by atoms with Gasteiger partial charge >= 0.3 is 0 Å². The van der Waals surface area contributed by atoms with Crippen molar-refractivity contribution < 1.29 is 9.59 Å². The normalized spacial score (nSPS) is 10.7. The molecule has 0 aliphatic carbocycles. The monoisotopic (exact) mass is 326 g/mol. The molecule has 5 heteroatoms. The van der Waals surface area contributed by atoms with E-state index in [4.69, 9.17) is 11.6 Å². The van der Waals surface area contributed by atoms with Crippen molar-refractivity contribution in [2.45, 2.75) is 6.54 Å². The topological polar surface area (TPSA) is 51.1 Å². The summed E-state index contributed by atoms with van der Waals surface area (Å²) in [5.74, 6) is -1.15. The summed E-state index contributed by atoms with van der Waals surface area (Å²) >= 11 is 5.82. The Labute approximate surface area is 138 Å². The molecular weight excluding hydrogens is 312 g/mol. The minimum Gasteiger partial charge on any atom is -0.350 e. The van der Waals surface area contributed by atoms with Crippen LogP contribution in [0.3, 0.4) is 0 Å². The minimum atomic E-state index is -0.615. The second-order valence-corrected chi connectivity index (χ2v) is 5.75. The molecule has 0 fully saturated rings. The van der Waals surface area contributed by atoms with Crippen LogP contribution in [-0.4, -0.2) is 16.3 Å². The summed E-state index contributed by atoms with van der Waals surface area (Å²) in [6.07, 6.45) is 1.69. The van der Waals surface area contributed by atoms with E-state index < -0.39 is 11.7 Å². The average Bonchev–Trinajstić information content (AvgIpc) is 2.91. The van der Waals surface area contributed by atoms with E-state index in [-0.39, 0.29) is 6.54 Å². The van der Waals surface area contributed by atoms with Crippen LogP contribution < -0.4 is 5.32 Å². The molecule has 23 heavy (non-hydrogen) atoms. The lowest BCUT2D eigenvalue weighted by molar-refractivity contribution is -0.117. The SMILES string of the molecule is Cn1cc(C(=O)C(=O)NCc2ccc(Cl)cc2)c2ccccc21.